The first kappa shape index (κ1) is 31.6. The molecule has 0 spiro atoms. The Morgan fingerprint density at radius 2 is 1.59 bits per heavy atom. The fraction of sp³-hybridized carbons (Fsp3) is 0.382. The van der Waals surface area contributed by atoms with Crippen LogP contribution in [0.4, 0.5) is 0 Å². The van der Waals surface area contributed by atoms with Crippen molar-refractivity contribution in [3.8, 4) is 5.75 Å². The highest BCUT2D eigenvalue weighted by Gasteiger charge is 2.55. The second kappa shape index (κ2) is 12.6. The van der Waals surface area contributed by atoms with Crippen LogP contribution in [0.15, 0.2) is 72.8 Å². The molecule has 0 bridgehead atoms. The predicted octanol–water partition coefficient (Wildman–Crippen LogP) is 2.82. The van der Waals surface area contributed by atoms with Crippen LogP contribution >= 0.6 is 11.8 Å². The number of ether oxygens (including phenoxy) is 1. The van der Waals surface area contributed by atoms with Gasteiger partial charge in [-0.1, -0.05) is 72.8 Å². The maximum atomic E-state index is 13.9. The summed E-state index contributed by atoms with van der Waals surface area (Å²) < 4.78 is 5.15. The third kappa shape index (κ3) is 6.20. The maximum absolute atomic E-state index is 13.9. The molecule has 3 amide bonds. The minimum atomic E-state index is -1.63. The number of fused-ring (bicyclic) bond motifs is 1. The molecule has 5 rings (SSSR count). The zero-order valence-electron chi connectivity index (χ0n) is 25.4. The number of carbonyl (C=O) groups excluding carboxylic acids is 3. The topological polar surface area (TPSA) is 128 Å². The number of aryl methyl sites for hydroxylation is 2. The standard InChI is InChI=1S/C34H39N3O6S/c1-21-11-10-12-22(2)29(21)43-18-27(39)35-26(17-23-13-6-5-7-14-23)28(40)32(42)37-20-44-33(3,4)30(37)31(41)36-34(19-38)24-15-8-9-16-25(24)34/h5-16,26,28,30,38,40H,17-20H2,1-4H3,(H,35,39)(H,36,41)/t26-,28-,30+/m0/s1. The zero-order chi connectivity index (χ0) is 31.6. The Morgan fingerprint density at radius 3 is 2.20 bits per heavy atom. The van der Waals surface area contributed by atoms with Crippen molar-refractivity contribution in [1.29, 1.82) is 0 Å². The summed E-state index contributed by atoms with van der Waals surface area (Å²) in [5.41, 5.74) is 3.31. The average molecular weight is 618 g/mol. The molecule has 1 heterocycles. The van der Waals surface area contributed by atoms with Gasteiger partial charge in [-0.2, -0.15) is 0 Å². The molecule has 9 nitrogen and oxygen atoms in total. The summed E-state index contributed by atoms with van der Waals surface area (Å²) in [7, 11) is 0. The number of hydrogen-bond acceptors (Lipinski definition) is 7. The largest absolute Gasteiger partial charge is 0.483 e. The molecular formula is C34H39N3O6S. The van der Waals surface area contributed by atoms with Crippen LogP contribution < -0.4 is 15.4 Å². The Morgan fingerprint density at radius 1 is 0.977 bits per heavy atom. The van der Waals surface area contributed by atoms with Crippen LogP contribution in [0.1, 0.15) is 41.7 Å². The summed E-state index contributed by atoms with van der Waals surface area (Å²) in [6.45, 7) is 6.95. The van der Waals surface area contributed by atoms with Crippen LogP contribution in [0.2, 0.25) is 0 Å². The van der Waals surface area contributed by atoms with Gasteiger partial charge >= 0.3 is 0 Å². The van der Waals surface area contributed by atoms with Crippen molar-refractivity contribution in [3.63, 3.8) is 0 Å². The van der Waals surface area contributed by atoms with Gasteiger partial charge in [0.25, 0.3) is 11.8 Å². The number of thioether (sulfide) groups is 1. The summed E-state index contributed by atoms with van der Waals surface area (Å²) in [5, 5.41) is 27.5. The van der Waals surface area contributed by atoms with Crippen molar-refractivity contribution in [2.24, 2.45) is 0 Å². The molecule has 0 aromatic heterocycles. The molecule has 4 N–H and O–H groups in total. The molecule has 0 saturated carbocycles. The lowest BCUT2D eigenvalue weighted by atomic mass is 9.96. The number of amides is 3. The molecule has 232 valence electrons. The van der Waals surface area contributed by atoms with E-state index < -0.39 is 46.2 Å². The number of aliphatic hydroxyl groups excluding tert-OH is 2. The number of nitrogens with zero attached hydrogens (tertiary/aromatic N) is 1. The summed E-state index contributed by atoms with van der Waals surface area (Å²) in [6, 6.07) is 20.5. The predicted molar refractivity (Wildman–Crippen MR) is 169 cm³/mol. The third-order valence-corrected chi connectivity index (χ3v) is 9.85. The first-order valence-electron chi connectivity index (χ1n) is 14.7. The average Bonchev–Trinajstić information content (AvgIpc) is 3.51. The molecule has 0 radical (unpaired) electrons. The van der Waals surface area contributed by atoms with E-state index in [4.69, 9.17) is 4.74 Å². The van der Waals surface area contributed by atoms with Crippen LogP contribution in [0.3, 0.4) is 0 Å². The lowest BCUT2D eigenvalue weighted by Crippen LogP contribution is -2.60. The van der Waals surface area contributed by atoms with Gasteiger partial charge in [0.05, 0.1) is 18.5 Å². The Hall–Kier alpha value is -3.86. The Bertz CT molecular complexity index is 1500. The highest BCUT2D eigenvalue weighted by Crippen LogP contribution is 2.48. The van der Waals surface area contributed by atoms with E-state index >= 15 is 0 Å². The number of benzene rings is 3. The maximum Gasteiger partial charge on any atom is 0.258 e. The monoisotopic (exact) mass is 617 g/mol. The van der Waals surface area contributed by atoms with Crippen LogP contribution in [0.25, 0.3) is 0 Å². The molecule has 2 aliphatic rings. The van der Waals surface area contributed by atoms with Gasteiger partial charge < -0.3 is 30.5 Å². The summed E-state index contributed by atoms with van der Waals surface area (Å²) >= 11 is 1.43. The molecule has 3 atom stereocenters. The SMILES string of the molecule is Cc1cccc(C)c1OCC(=O)N[C@@H](Cc1ccccc1)[C@H](O)C(=O)N1CSC(C)(C)[C@H]1C(=O)NC1(CO)c2ccccc21. The normalized spacial score (nSPS) is 19.0. The summed E-state index contributed by atoms with van der Waals surface area (Å²) in [6.07, 6.45) is -1.44. The smallest absolute Gasteiger partial charge is 0.258 e. The van der Waals surface area contributed by atoms with Crippen LogP contribution in [0, 0.1) is 13.8 Å². The van der Waals surface area contributed by atoms with Gasteiger partial charge in [-0.05, 0) is 61.9 Å². The van der Waals surface area contributed by atoms with Crippen molar-refractivity contribution in [1.82, 2.24) is 15.5 Å². The van der Waals surface area contributed by atoms with E-state index in [1.807, 2.05) is 100 Å². The number of aliphatic hydroxyl groups is 2. The lowest BCUT2D eigenvalue weighted by molar-refractivity contribution is -0.148. The second-order valence-corrected chi connectivity index (χ2v) is 13.6. The minimum absolute atomic E-state index is 0.182. The number of para-hydroxylation sites is 1. The molecule has 44 heavy (non-hydrogen) atoms. The van der Waals surface area contributed by atoms with Crippen molar-refractivity contribution in [2.45, 2.75) is 62.6 Å². The minimum Gasteiger partial charge on any atom is -0.483 e. The number of nitrogens with one attached hydrogen (secondary N) is 2. The van der Waals surface area contributed by atoms with Gasteiger partial charge in [0, 0.05) is 4.75 Å². The van der Waals surface area contributed by atoms with Gasteiger partial charge in [0.15, 0.2) is 12.7 Å². The molecule has 3 aromatic carbocycles. The molecule has 1 aliphatic heterocycles. The van der Waals surface area contributed by atoms with Crippen molar-refractivity contribution < 1.29 is 29.3 Å². The molecule has 1 aliphatic carbocycles. The Labute approximate surface area is 262 Å². The van der Waals surface area contributed by atoms with Crippen LogP contribution in [-0.4, -0.2) is 74.9 Å². The molecular weight excluding hydrogens is 578 g/mol. The van der Waals surface area contributed by atoms with Crippen molar-refractivity contribution in [2.75, 3.05) is 19.1 Å². The van der Waals surface area contributed by atoms with Crippen molar-refractivity contribution >= 4 is 29.5 Å². The van der Waals surface area contributed by atoms with Gasteiger partial charge in [0.1, 0.15) is 17.3 Å². The Kier molecular flexibility index (Phi) is 9.06. The fourth-order valence-electron chi connectivity index (χ4n) is 6.03. The fourth-order valence-corrected chi connectivity index (χ4v) is 7.17. The highest BCUT2D eigenvalue weighted by atomic mass is 32.2. The van der Waals surface area contributed by atoms with E-state index in [-0.39, 0.29) is 25.5 Å². The van der Waals surface area contributed by atoms with Gasteiger partial charge in [-0.3, -0.25) is 14.4 Å². The molecule has 1 saturated heterocycles. The van der Waals surface area contributed by atoms with E-state index in [2.05, 4.69) is 10.6 Å². The molecule has 10 heteroatoms. The van der Waals surface area contributed by atoms with Gasteiger partial charge in [-0.15, -0.1) is 11.8 Å². The van der Waals surface area contributed by atoms with E-state index in [9.17, 15) is 24.6 Å². The molecule has 1 fully saturated rings. The first-order chi connectivity index (χ1) is 21.0. The number of rotatable bonds is 11. The Balaban J connectivity index is 1.33. The van der Waals surface area contributed by atoms with Crippen LogP contribution in [0.5, 0.6) is 5.75 Å². The van der Waals surface area contributed by atoms with Crippen LogP contribution in [-0.2, 0) is 26.3 Å². The highest BCUT2D eigenvalue weighted by molar-refractivity contribution is 8.00. The van der Waals surface area contributed by atoms with Gasteiger partial charge in [0.2, 0.25) is 5.91 Å². The second-order valence-electron chi connectivity index (χ2n) is 12.0. The molecule has 0 unspecified atom stereocenters. The molecule has 3 aromatic rings. The summed E-state index contributed by atoms with van der Waals surface area (Å²) in [4.78, 5) is 42.2. The number of carbonyl (C=O) groups is 3. The van der Waals surface area contributed by atoms with E-state index in [0.717, 1.165) is 27.8 Å². The van der Waals surface area contributed by atoms with Crippen molar-refractivity contribution in [3.05, 3.63) is 101 Å². The van der Waals surface area contributed by atoms with E-state index in [1.54, 1.807) is 0 Å². The van der Waals surface area contributed by atoms with Gasteiger partial charge in [-0.25, -0.2) is 0 Å². The number of hydrogen-bond donors (Lipinski definition) is 4. The van der Waals surface area contributed by atoms with E-state index in [1.165, 1.54) is 16.7 Å². The third-order valence-electron chi connectivity index (χ3n) is 8.47. The first-order valence-corrected chi connectivity index (χ1v) is 15.6. The summed E-state index contributed by atoms with van der Waals surface area (Å²) in [5.74, 6) is -0.769. The lowest BCUT2D eigenvalue weighted by Gasteiger charge is -2.34. The zero-order valence-corrected chi connectivity index (χ0v) is 26.2. The van der Waals surface area contributed by atoms with E-state index in [0.29, 0.717) is 5.75 Å². The quantitative estimate of drug-likeness (QED) is 0.261.